The molecule has 0 spiro atoms. The van der Waals surface area contributed by atoms with Gasteiger partial charge >= 0.3 is 0 Å². The van der Waals surface area contributed by atoms with Crippen LogP contribution in [0.5, 0.6) is 0 Å². The summed E-state index contributed by atoms with van der Waals surface area (Å²) in [7, 11) is 0. The maximum atomic E-state index is 13.5. The van der Waals surface area contributed by atoms with E-state index in [0.717, 1.165) is 29.7 Å². The average Bonchev–Trinajstić information content (AvgIpc) is 2.88. The Labute approximate surface area is 196 Å². The fourth-order valence-corrected chi connectivity index (χ4v) is 4.69. The molecule has 1 saturated heterocycles. The van der Waals surface area contributed by atoms with E-state index in [1.165, 1.54) is 12.1 Å². The molecule has 7 heteroatoms. The molecule has 4 aromatic rings. The van der Waals surface area contributed by atoms with Crippen molar-refractivity contribution in [1.29, 1.82) is 0 Å². The SMILES string of the molecule is O=C(Cn1c2ccccc2c(=O)c2ccccc21)NCC(c1ccc(F)cc1)N1CCOCC1. The van der Waals surface area contributed by atoms with Crippen molar-refractivity contribution in [3.63, 3.8) is 0 Å². The molecule has 0 aliphatic carbocycles. The number of aromatic nitrogens is 1. The van der Waals surface area contributed by atoms with E-state index in [0.29, 0.717) is 30.5 Å². The topological polar surface area (TPSA) is 63.6 Å². The minimum atomic E-state index is -0.287. The maximum Gasteiger partial charge on any atom is 0.240 e. The first kappa shape index (κ1) is 22.3. The lowest BCUT2D eigenvalue weighted by Gasteiger charge is -2.35. The molecule has 1 N–H and O–H groups in total. The van der Waals surface area contributed by atoms with Crippen LogP contribution in [-0.2, 0) is 16.1 Å². The molecule has 0 bridgehead atoms. The Kier molecular flexibility index (Phi) is 6.38. The number of carbonyl (C=O) groups is 1. The fourth-order valence-electron chi connectivity index (χ4n) is 4.69. The molecule has 1 aromatic heterocycles. The van der Waals surface area contributed by atoms with Gasteiger partial charge in [0.05, 0.1) is 30.3 Å². The third-order valence-corrected chi connectivity index (χ3v) is 6.41. The van der Waals surface area contributed by atoms with Crippen LogP contribution in [0, 0.1) is 5.82 Å². The third kappa shape index (κ3) is 4.44. The van der Waals surface area contributed by atoms with Gasteiger partial charge in [0.25, 0.3) is 0 Å². The lowest BCUT2D eigenvalue weighted by molar-refractivity contribution is -0.121. The Morgan fingerprint density at radius 3 is 2.12 bits per heavy atom. The summed E-state index contributed by atoms with van der Waals surface area (Å²) in [5, 5.41) is 4.25. The van der Waals surface area contributed by atoms with Crippen LogP contribution in [0.1, 0.15) is 11.6 Å². The summed E-state index contributed by atoms with van der Waals surface area (Å²) in [4.78, 5) is 28.3. The highest BCUT2D eigenvalue weighted by Gasteiger charge is 2.23. The number of hydrogen-bond acceptors (Lipinski definition) is 4. The van der Waals surface area contributed by atoms with Crippen LogP contribution >= 0.6 is 0 Å². The predicted molar refractivity (Wildman–Crippen MR) is 130 cm³/mol. The summed E-state index contributed by atoms with van der Waals surface area (Å²) in [5.74, 6) is -0.440. The molecule has 0 saturated carbocycles. The van der Waals surface area contributed by atoms with E-state index < -0.39 is 0 Å². The highest BCUT2D eigenvalue weighted by atomic mass is 19.1. The second kappa shape index (κ2) is 9.75. The zero-order valence-electron chi connectivity index (χ0n) is 18.7. The van der Waals surface area contributed by atoms with Gasteiger partial charge in [-0.25, -0.2) is 4.39 Å². The van der Waals surface area contributed by atoms with Crippen molar-refractivity contribution in [3.8, 4) is 0 Å². The van der Waals surface area contributed by atoms with Crippen molar-refractivity contribution in [1.82, 2.24) is 14.8 Å². The van der Waals surface area contributed by atoms with Gasteiger partial charge in [-0.05, 0) is 42.0 Å². The molecule has 34 heavy (non-hydrogen) atoms. The average molecular weight is 460 g/mol. The van der Waals surface area contributed by atoms with Crippen LogP contribution in [0.4, 0.5) is 4.39 Å². The number of amides is 1. The number of ether oxygens (including phenoxy) is 1. The van der Waals surface area contributed by atoms with Gasteiger partial charge in [-0.3, -0.25) is 14.5 Å². The Bertz CT molecular complexity index is 1320. The number of halogens is 1. The van der Waals surface area contributed by atoms with E-state index in [1.807, 2.05) is 41.0 Å². The lowest BCUT2D eigenvalue weighted by atomic mass is 10.0. The lowest BCUT2D eigenvalue weighted by Crippen LogP contribution is -2.44. The number of fused-ring (bicyclic) bond motifs is 2. The molecule has 3 aromatic carbocycles. The van der Waals surface area contributed by atoms with Gasteiger partial charge in [-0.2, -0.15) is 0 Å². The second-order valence-corrected chi connectivity index (χ2v) is 8.47. The minimum absolute atomic E-state index is 0.0356. The molecule has 1 fully saturated rings. The van der Waals surface area contributed by atoms with Crippen LogP contribution in [0.2, 0.25) is 0 Å². The molecular weight excluding hydrogens is 433 g/mol. The summed E-state index contributed by atoms with van der Waals surface area (Å²) in [5.41, 5.74) is 2.36. The number of para-hydroxylation sites is 2. The molecule has 5 rings (SSSR count). The standard InChI is InChI=1S/C27H26FN3O3/c28-20-11-9-19(10-12-20)25(30-13-15-34-16-14-30)17-29-26(32)18-31-23-7-3-1-5-21(23)27(33)22-6-2-4-8-24(22)31/h1-12,25H,13-18H2,(H,29,32). The summed E-state index contributed by atoms with van der Waals surface area (Å²) in [6, 6.07) is 21.1. The highest BCUT2D eigenvalue weighted by Crippen LogP contribution is 2.22. The highest BCUT2D eigenvalue weighted by molar-refractivity contribution is 5.94. The first-order valence-electron chi connectivity index (χ1n) is 11.5. The Morgan fingerprint density at radius 1 is 0.912 bits per heavy atom. The van der Waals surface area contributed by atoms with Crippen LogP contribution in [0.25, 0.3) is 21.8 Å². The molecule has 174 valence electrons. The van der Waals surface area contributed by atoms with Gasteiger partial charge in [-0.15, -0.1) is 0 Å². The summed E-state index contributed by atoms with van der Waals surface area (Å²) in [6.45, 7) is 3.21. The van der Waals surface area contributed by atoms with Gasteiger partial charge in [0.1, 0.15) is 12.4 Å². The van der Waals surface area contributed by atoms with Crippen molar-refractivity contribution >= 4 is 27.7 Å². The van der Waals surface area contributed by atoms with E-state index in [1.54, 1.807) is 24.3 Å². The first-order valence-corrected chi connectivity index (χ1v) is 11.5. The summed E-state index contributed by atoms with van der Waals surface area (Å²) in [6.07, 6.45) is 0. The Hall–Kier alpha value is -3.55. The monoisotopic (exact) mass is 459 g/mol. The molecule has 1 aliphatic rings. The van der Waals surface area contributed by atoms with Crippen molar-refractivity contribution in [2.45, 2.75) is 12.6 Å². The molecule has 1 aliphatic heterocycles. The van der Waals surface area contributed by atoms with Crippen molar-refractivity contribution in [3.05, 3.63) is 94.4 Å². The number of nitrogens with zero attached hydrogens (tertiary/aromatic N) is 2. The molecule has 1 atom stereocenters. The number of carbonyl (C=O) groups excluding carboxylic acids is 1. The number of rotatable bonds is 6. The summed E-state index contributed by atoms with van der Waals surface area (Å²) >= 11 is 0. The largest absolute Gasteiger partial charge is 0.379 e. The zero-order valence-corrected chi connectivity index (χ0v) is 18.7. The predicted octanol–water partition coefficient (Wildman–Crippen LogP) is 3.48. The number of hydrogen-bond donors (Lipinski definition) is 1. The minimum Gasteiger partial charge on any atom is -0.379 e. The number of nitrogens with one attached hydrogen (secondary N) is 1. The second-order valence-electron chi connectivity index (χ2n) is 8.47. The Balaban J connectivity index is 1.41. The van der Waals surface area contributed by atoms with Crippen molar-refractivity contribution in [2.24, 2.45) is 0 Å². The van der Waals surface area contributed by atoms with Crippen LogP contribution in [0.3, 0.4) is 0 Å². The zero-order chi connectivity index (χ0) is 23.5. The smallest absolute Gasteiger partial charge is 0.240 e. The number of pyridine rings is 1. The molecule has 6 nitrogen and oxygen atoms in total. The van der Waals surface area contributed by atoms with Gasteiger partial charge in [0.15, 0.2) is 5.43 Å². The Morgan fingerprint density at radius 2 is 1.50 bits per heavy atom. The third-order valence-electron chi connectivity index (χ3n) is 6.41. The van der Waals surface area contributed by atoms with E-state index in [-0.39, 0.29) is 29.7 Å². The van der Waals surface area contributed by atoms with E-state index in [4.69, 9.17) is 4.74 Å². The van der Waals surface area contributed by atoms with Crippen molar-refractivity contribution in [2.75, 3.05) is 32.8 Å². The molecule has 1 amide bonds. The van der Waals surface area contributed by atoms with Gasteiger partial charge < -0.3 is 14.6 Å². The van der Waals surface area contributed by atoms with Gasteiger partial charge in [-0.1, -0.05) is 36.4 Å². The van der Waals surface area contributed by atoms with Gasteiger partial charge in [0.2, 0.25) is 5.91 Å². The van der Waals surface area contributed by atoms with E-state index in [2.05, 4.69) is 10.2 Å². The van der Waals surface area contributed by atoms with Crippen LogP contribution in [-0.4, -0.2) is 48.2 Å². The van der Waals surface area contributed by atoms with Crippen molar-refractivity contribution < 1.29 is 13.9 Å². The molecular formula is C27H26FN3O3. The summed E-state index contributed by atoms with van der Waals surface area (Å²) < 4.78 is 20.9. The van der Waals surface area contributed by atoms with E-state index >= 15 is 0 Å². The number of benzene rings is 3. The quantitative estimate of drug-likeness (QED) is 0.449. The van der Waals surface area contributed by atoms with E-state index in [9.17, 15) is 14.0 Å². The van der Waals surface area contributed by atoms with Crippen LogP contribution in [0.15, 0.2) is 77.6 Å². The molecule has 0 radical (unpaired) electrons. The first-order chi connectivity index (χ1) is 16.6. The molecule has 1 unspecified atom stereocenters. The normalized spacial score (nSPS) is 15.4. The van der Waals surface area contributed by atoms with Gasteiger partial charge in [0, 0.05) is 30.4 Å². The fraction of sp³-hybridized carbons (Fsp3) is 0.259. The maximum absolute atomic E-state index is 13.5. The number of morpholine rings is 1. The van der Waals surface area contributed by atoms with Crippen LogP contribution < -0.4 is 10.7 Å². The molecule has 2 heterocycles.